The molecule has 0 aliphatic rings. The number of benzene rings is 3. The van der Waals surface area contributed by atoms with Gasteiger partial charge in [-0.3, -0.25) is 4.72 Å². The van der Waals surface area contributed by atoms with Gasteiger partial charge in [-0.25, -0.2) is 8.42 Å². The van der Waals surface area contributed by atoms with Crippen LogP contribution in [0.25, 0.3) is 22.3 Å². The molecule has 0 aliphatic carbocycles. The Morgan fingerprint density at radius 3 is 2.16 bits per heavy atom. The summed E-state index contributed by atoms with van der Waals surface area (Å²) in [4.78, 5) is 0.229. The largest absolute Gasteiger partial charge is 0.456 e. The molecule has 0 bridgehead atoms. The summed E-state index contributed by atoms with van der Waals surface area (Å²) in [5, 5.41) is 0.840. The van der Waals surface area contributed by atoms with Crippen molar-refractivity contribution in [2.24, 2.45) is 0 Å². The third-order valence-corrected chi connectivity index (χ3v) is 5.28. The van der Waals surface area contributed by atoms with E-state index in [1.54, 1.807) is 48.5 Å². The smallest absolute Gasteiger partial charge is 0.261 e. The molecule has 1 heterocycles. The fourth-order valence-electron chi connectivity index (χ4n) is 2.67. The highest BCUT2D eigenvalue weighted by Crippen LogP contribution is 2.30. The average molecular weight is 349 g/mol. The Labute approximate surface area is 145 Å². The van der Waals surface area contributed by atoms with Crippen LogP contribution in [0.2, 0.25) is 0 Å². The van der Waals surface area contributed by atoms with E-state index < -0.39 is 10.0 Å². The van der Waals surface area contributed by atoms with Gasteiger partial charge in [0.05, 0.1) is 4.90 Å². The summed E-state index contributed by atoms with van der Waals surface area (Å²) >= 11 is 0. The molecule has 4 nitrogen and oxygen atoms in total. The standard InChI is InChI=1S/C20H15NO3S/c22-25(23,18-9-5-2-6-10-18)21-17-11-12-19-16(13-17)14-20(24-19)15-7-3-1-4-8-15/h1-14,21H. The van der Waals surface area contributed by atoms with Crippen molar-refractivity contribution < 1.29 is 12.8 Å². The van der Waals surface area contributed by atoms with Crippen LogP contribution in [0, 0.1) is 0 Å². The van der Waals surface area contributed by atoms with E-state index in [1.165, 1.54) is 0 Å². The fourth-order valence-corrected chi connectivity index (χ4v) is 3.74. The zero-order valence-corrected chi connectivity index (χ0v) is 14.0. The summed E-state index contributed by atoms with van der Waals surface area (Å²) in [7, 11) is -3.61. The number of hydrogen-bond donors (Lipinski definition) is 1. The van der Waals surface area contributed by atoms with Gasteiger partial charge in [0, 0.05) is 16.6 Å². The molecular weight excluding hydrogens is 334 g/mol. The summed E-state index contributed by atoms with van der Waals surface area (Å²) in [6, 6.07) is 25.2. The number of anilines is 1. The molecule has 5 heteroatoms. The van der Waals surface area contributed by atoms with E-state index in [-0.39, 0.29) is 4.90 Å². The van der Waals surface area contributed by atoms with Crippen molar-refractivity contribution in [3.05, 3.63) is 84.9 Å². The highest BCUT2D eigenvalue weighted by molar-refractivity contribution is 7.92. The van der Waals surface area contributed by atoms with Crippen LogP contribution in [0.3, 0.4) is 0 Å². The number of sulfonamides is 1. The monoisotopic (exact) mass is 349 g/mol. The minimum absolute atomic E-state index is 0.229. The van der Waals surface area contributed by atoms with Crippen molar-refractivity contribution in [3.8, 4) is 11.3 Å². The normalized spacial score (nSPS) is 11.5. The summed E-state index contributed by atoms with van der Waals surface area (Å²) in [5.74, 6) is 0.749. The SMILES string of the molecule is O=S(=O)(Nc1ccc2oc(-c3ccccc3)cc2c1)c1ccccc1. The third-order valence-electron chi connectivity index (χ3n) is 3.88. The van der Waals surface area contributed by atoms with Crippen molar-refractivity contribution >= 4 is 26.7 Å². The van der Waals surface area contributed by atoms with Crippen molar-refractivity contribution in [2.45, 2.75) is 4.90 Å². The van der Waals surface area contributed by atoms with Crippen molar-refractivity contribution in [3.63, 3.8) is 0 Å². The van der Waals surface area contributed by atoms with E-state index in [4.69, 9.17) is 4.42 Å². The van der Waals surface area contributed by atoms with Crippen molar-refractivity contribution in [1.82, 2.24) is 0 Å². The number of furan rings is 1. The van der Waals surface area contributed by atoms with Crippen molar-refractivity contribution in [2.75, 3.05) is 4.72 Å². The molecular formula is C20H15NO3S. The Morgan fingerprint density at radius 2 is 1.44 bits per heavy atom. The minimum Gasteiger partial charge on any atom is -0.456 e. The van der Waals surface area contributed by atoms with Crippen LogP contribution in [-0.2, 0) is 10.0 Å². The summed E-state index contributed by atoms with van der Waals surface area (Å²) in [6.07, 6.45) is 0. The van der Waals surface area contributed by atoms with E-state index in [9.17, 15) is 8.42 Å². The number of rotatable bonds is 4. The first-order chi connectivity index (χ1) is 12.1. The second-order valence-corrected chi connectivity index (χ2v) is 7.33. The van der Waals surface area contributed by atoms with Gasteiger partial charge in [0.1, 0.15) is 11.3 Å². The summed E-state index contributed by atoms with van der Waals surface area (Å²) < 4.78 is 33.3. The third kappa shape index (κ3) is 3.14. The van der Waals surface area contributed by atoms with Crippen LogP contribution >= 0.6 is 0 Å². The van der Waals surface area contributed by atoms with Gasteiger partial charge in [-0.05, 0) is 36.4 Å². The lowest BCUT2D eigenvalue weighted by atomic mass is 10.1. The topological polar surface area (TPSA) is 59.3 Å². The quantitative estimate of drug-likeness (QED) is 0.570. The minimum atomic E-state index is -3.61. The highest BCUT2D eigenvalue weighted by Gasteiger charge is 2.14. The van der Waals surface area contributed by atoms with Gasteiger partial charge in [-0.15, -0.1) is 0 Å². The lowest BCUT2D eigenvalue weighted by molar-refractivity contribution is 0.601. The van der Waals surface area contributed by atoms with Gasteiger partial charge in [0.25, 0.3) is 10.0 Å². The number of nitrogens with one attached hydrogen (secondary N) is 1. The molecule has 4 rings (SSSR count). The van der Waals surface area contributed by atoms with E-state index in [0.29, 0.717) is 11.3 Å². The van der Waals surface area contributed by atoms with Crippen LogP contribution in [0.1, 0.15) is 0 Å². The highest BCUT2D eigenvalue weighted by atomic mass is 32.2. The van der Waals surface area contributed by atoms with E-state index >= 15 is 0 Å². The van der Waals surface area contributed by atoms with Gasteiger partial charge in [0.15, 0.2) is 0 Å². The first-order valence-corrected chi connectivity index (χ1v) is 9.27. The number of fused-ring (bicyclic) bond motifs is 1. The molecule has 3 aromatic carbocycles. The molecule has 1 N–H and O–H groups in total. The maximum absolute atomic E-state index is 12.4. The Kier molecular flexibility index (Phi) is 3.78. The summed E-state index contributed by atoms with van der Waals surface area (Å²) in [5.41, 5.74) is 2.18. The lowest BCUT2D eigenvalue weighted by Crippen LogP contribution is -2.12. The molecule has 0 unspecified atom stereocenters. The van der Waals surface area contributed by atoms with Crippen molar-refractivity contribution in [1.29, 1.82) is 0 Å². The fraction of sp³-hybridized carbons (Fsp3) is 0. The van der Waals surface area contributed by atoms with Crippen LogP contribution in [0.4, 0.5) is 5.69 Å². The first-order valence-electron chi connectivity index (χ1n) is 7.79. The summed E-state index contributed by atoms with van der Waals surface area (Å²) in [6.45, 7) is 0. The Bertz CT molecular complexity index is 1120. The van der Waals surface area contributed by atoms with Crippen LogP contribution in [0.15, 0.2) is 94.2 Å². The van der Waals surface area contributed by atoms with Gasteiger partial charge < -0.3 is 4.42 Å². The Hall–Kier alpha value is -3.05. The molecule has 0 spiro atoms. The Morgan fingerprint density at radius 1 is 0.760 bits per heavy atom. The molecule has 0 saturated heterocycles. The first kappa shape index (κ1) is 15.5. The Balaban J connectivity index is 1.68. The van der Waals surface area contributed by atoms with E-state index in [0.717, 1.165) is 16.7 Å². The van der Waals surface area contributed by atoms with Gasteiger partial charge >= 0.3 is 0 Å². The maximum Gasteiger partial charge on any atom is 0.261 e. The lowest BCUT2D eigenvalue weighted by Gasteiger charge is -2.07. The average Bonchev–Trinajstić information content (AvgIpc) is 3.06. The molecule has 1 aromatic heterocycles. The van der Waals surface area contributed by atoms with Gasteiger partial charge in [0.2, 0.25) is 0 Å². The second kappa shape index (κ2) is 6.11. The molecule has 0 aliphatic heterocycles. The van der Waals surface area contributed by atoms with Gasteiger partial charge in [-0.2, -0.15) is 0 Å². The van der Waals surface area contributed by atoms with Crippen LogP contribution in [0.5, 0.6) is 0 Å². The molecule has 0 fully saturated rings. The van der Waals surface area contributed by atoms with Crippen LogP contribution in [-0.4, -0.2) is 8.42 Å². The van der Waals surface area contributed by atoms with E-state index in [2.05, 4.69) is 4.72 Å². The van der Waals surface area contributed by atoms with Crippen LogP contribution < -0.4 is 4.72 Å². The number of hydrogen-bond acceptors (Lipinski definition) is 3. The molecule has 0 saturated carbocycles. The second-order valence-electron chi connectivity index (χ2n) is 5.65. The zero-order chi connectivity index (χ0) is 17.3. The predicted octanol–water partition coefficient (Wildman–Crippen LogP) is 4.90. The van der Waals surface area contributed by atoms with Gasteiger partial charge in [-0.1, -0.05) is 48.5 Å². The van der Waals surface area contributed by atoms with E-state index in [1.807, 2.05) is 36.4 Å². The molecule has 124 valence electrons. The molecule has 0 amide bonds. The zero-order valence-electron chi connectivity index (χ0n) is 13.2. The molecule has 0 radical (unpaired) electrons. The maximum atomic E-state index is 12.4. The predicted molar refractivity (Wildman–Crippen MR) is 98.9 cm³/mol. The molecule has 0 atom stereocenters. The molecule has 25 heavy (non-hydrogen) atoms. The molecule has 4 aromatic rings.